The maximum absolute atomic E-state index is 14.0. The Morgan fingerprint density at radius 1 is 1.24 bits per heavy atom. The van der Waals surface area contributed by atoms with Crippen molar-refractivity contribution in [3.05, 3.63) is 63.4 Å². The highest BCUT2D eigenvalue weighted by Gasteiger charge is 2.61. The van der Waals surface area contributed by atoms with Gasteiger partial charge in [-0.3, -0.25) is 9.59 Å². The van der Waals surface area contributed by atoms with Crippen molar-refractivity contribution in [3.63, 3.8) is 0 Å². The van der Waals surface area contributed by atoms with Gasteiger partial charge in [-0.15, -0.1) is 0 Å². The molecule has 1 aliphatic heterocycles. The number of anilines is 1. The maximum Gasteiger partial charge on any atom is 0.426 e. The molecule has 0 saturated carbocycles. The Balaban J connectivity index is 1.95. The number of nitrogens with one attached hydrogen (secondary N) is 1. The predicted molar refractivity (Wildman–Crippen MR) is 120 cm³/mol. The van der Waals surface area contributed by atoms with Gasteiger partial charge in [0, 0.05) is 27.7 Å². The van der Waals surface area contributed by atoms with E-state index in [0.29, 0.717) is 27.6 Å². The van der Waals surface area contributed by atoms with Crippen LogP contribution in [0.25, 0.3) is 0 Å². The van der Waals surface area contributed by atoms with Crippen LogP contribution in [0.2, 0.25) is 0 Å². The molecule has 1 heterocycles. The van der Waals surface area contributed by atoms with Gasteiger partial charge < -0.3 is 15.3 Å². The molecule has 2 N–H and O–H groups in total. The van der Waals surface area contributed by atoms with Gasteiger partial charge in [-0.05, 0) is 48.2 Å². The lowest BCUT2D eigenvalue weighted by atomic mass is 9.74. The van der Waals surface area contributed by atoms with Crippen LogP contribution in [0.15, 0.2) is 46.0 Å². The predicted octanol–water partition coefficient (Wildman–Crippen LogP) is 5.18. The van der Waals surface area contributed by atoms with Gasteiger partial charge in [-0.2, -0.15) is 13.2 Å². The lowest BCUT2D eigenvalue weighted by Gasteiger charge is -2.37. The Morgan fingerprint density at radius 2 is 1.91 bits per heavy atom. The highest BCUT2D eigenvalue weighted by Crippen LogP contribution is 2.43. The van der Waals surface area contributed by atoms with Gasteiger partial charge >= 0.3 is 6.18 Å². The summed E-state index contributed by atoms with van der Waals surface area (Å²) in [5, 5.41) is 16.5. The van der Waals surface area contributed by atoms with Crippen molar-refractivity contribution in [2.45, 2.75) is 50.5 Å². The Kier molecular flexibility index (Phi) is 6.92. The molecule has 0 aliphatic carbocycles. The summed E-state index contributed by atoms with van der Waals surface area (Å²) in [6.45, 7) is 4.31. The van der Waals surface area contributed by atoms with Crippen LogP contribution < -0.4 is 5.32 Å². The van der Waals surface area contributed by atoms with Crippen molar-refractivity contribution in [2.75, 3.05) is 5.32 Å². The lowest BCUT2D eigenvalue weighted by molar-refractivity contribution is -0.254. The zero-order valence-electron chi connectivity index (χ0n) is 18.3. The fourth-order valence-electron chi connectivity index (χ4n) is 3.83. The number of hydrogen-bond acceptors (Lipinski definition) is 5. The van der Waals surface area contributed by atoms with Crippen molar-refractivity contribution in [3.8, 4) is 0 Å². The molecule has 2 atom stereocenters. The Labute approximate surface area is 201 Å². The van der Waals surface area contributed by atoms with E-state index < -0.39 is 41.4 Å². The van der Waals surface area contributed by atoms with E-state index in [1.165, 1.54) is 38.1 Å². The van der Waals surface area contributed by atoms with Gasteiger partial charge in [0.2, 0.25) is 11.7 Å². The van der Waals surface area contributed by atoms with Crippen LogP contribution in [0, 0.1) is 5.82 Å². The van der Waals surface area contributed by atoms with Crippen LogP contribution in [0.3, 0.4) is 0 Å². The van der Waals surface area contributed by atoms with E-state index in [2.05, 4.69) is 26.4 Å². The minimum absolute atomic E-state index is 0.0442. The van der Waals surface area contributed by atoms with Crippen LogP contribution in [0.1, 0.15) is 50.0 Å². The first-order valence-corrected chi connectivity index (χ1v) is 10.8. The third-order valence-corrected chi connectivity index (χ3v) is 6.33. The second-order valence-corrected chi connectivity index (χ2v) is 9.49. The number of rotatable bonds is 6. The smallest absolute Gasteiger partial charge is 0.380 e. The Bertz CT molecular complexity index is 1170. The summed E-state index contributed by atoms with van der Waals surface area (Å²) in [4.78, 5) is 29.0. The molecule has 2 unspecified atom stereocenters. The number of fused-ring (bicyclic) bond motifs is 1. The van der Waals surface area contributed by atoms with Gasteiger partial charge in [0.25, 0.3) is 5.91 Å². The molecule has 0 aromatic heterocycles. The Hall–Kier alpha value is -2.79. The first kappa shape index (κ1) is 25.8. The van der Waals surface area contributed by atoms with Gasteiger partial charge in [0.05, 0.1) is 5.71 Å². The normalized spacial score (nSPS) is 17.7. The second kappa shape index (κ2) is 9.10. The van der Waals surface area contributed by atoms with Crippen molar-refractivity contribution in [2.24, 2.45) is 5.16 Å². The minimum atomic E-state index is -5.34. The summed E-state index contributed by atoms with van der Waals surface area (Å²) in [5.74, 6) is -2.37. The summed E-state index contributed by atoms with van der Waals surface area (Å²) >= 11 is 3.19. The third kappa shape index (κ3) is 4.85. The van der Waals surface area contributed by atoms with Crippen LogP contribution in [-0.4, -0.2) is 34.8 Å². The molecule has 0 spiro atoms. The number of aliphatic hydroxyl groups is 1. The van der Waals surface area contributed by atoms with Gasteiger partial charge in [-0.25, -0.2) is 4.39 Å². The molecule has 0 bridgehead atoms. The number of hydrogen-bond donors (Lipinski definition) is 2. The first-order valence-electron chi connectivity index (χ1n) is 10.1. The fraction of sp³-hybridized carbons (Fsp3) is 0.348. The molecule has 2 aromatic carbocycles. The Morgan fingerprint density at radius 3 is 2.53 bits per heavy atom. The molecule has 34 heavy (non-hydrogen) atoms. The topological polar surface area (TPSA) is 88.0 Å². The maximum atomic E-state index is 14.0. The number of amides is 1. The molecule has 2 aromatic rings. The molecular weight excluding hydrogens is 524 g/mol. The summed E-state index contributed by atoms with van der Waals surface area (Å²) in [7, 11) is 0. The van der Waals surface area contributed by atoms with Crippen molar-refractivity contribution >= 4 is 39.5 Å². The van der Waals surface area contributed by atoms with Crippen LogP contribution >= 0.6 is 15.9 Å². The zero-order chi connectivity index (χ0) is 25.5. The summed E-state index contributed by atoms with van der Waals surface area (Å²) < 4.78 is 56.3. The number of oxime groups is 1. The average molecular weight is 545 g/mol. The molecule has 0 fully saturated rings. The summed E-state index contributed by atoms with van der Waals surface area (Å²) in [5.41, 5.74) is -3.95. The van der Waals surface area contributed by atoms with E-state index in [4.69, 9.17) is 4.84 Å². The SMILES string of the molecule is CC1=NOC(C=O)c2ccc(NC(=O)C(O)(CC(C)(C)c3cc(F)ccc3Br)C(F)(F)F)cc21. The summed E-state index contributed by atoms with van der Waals surface area (Å²) in [6, 6.07) is 7.58. The van der Waals surface area contributed by atoms with E-state index in [0.717, 1.165) is 12.1 Å². The molecule has 0 saturated heterocycles. The number of halogens is 5. The van der Waals surface area contributed by atoms with E-state index in [9.17, 15) is 32.3 Å². The molecule has 3 rings (SSSR count). The van der Waals surface area contributed by atoms with E-state index in [1.807, 2.05) is 0 Å². The quantitative estimate of drug-likeness (QED) is 0.387. The number of aldehydes is 1. The number of alkyl halides is 3. The average Bonchev–Trinajstić information content (AvgIpc) is 2.74. The monoisotopic (exact) mass is 544 g/mol. The highest BCUT2D eigenvalue weighted by atomic mass is 79.9. The van der Waals surface area contributed by atoms with Crippen LogP contribution in [-0.2, 0) is 19.8 Å². The first-order chi connectivity index (χ1) is 15.7. The van der Waals surface area contributed by atoms with Gasteiger partial charge in [0.1, 0.15) is 5.82 Å². The van der Waals surface area contributed by atoms with Crippen LogP contribution in [0.4, 0.5) is 23.2 Å². The zero-order valence-corrected chi connectivity index (χ0v) is 19.9. The molecule has 11 heteroatoms. The number of nitrogens with zero attached hydrogens (tertiary/aromatic N) is 1. The number of benzene rings is 2. The minimum Gasteiger partial charge on any atom is -0.380 e. The van der Waals surface area contributed by atoms with E-state index in [1.54, 1.807) is 6.92 Å². The van der Waals surface area contributed by atoms with Crippen LogP contribution in [0.5, 0.6) is 0 Å². The molecular formula is C23H21BrF4N2O4. The molecule has 1 aliphatic rings. The molecule has 1 amide bonds. The van der Waals surface area contributed by atoms with Gasteiger partial charge in [0.15, 0.2) is 6.29 Å². The fourth-order valence-corrected chi connectivity index (χ4v) is 4.61. The molecule has 0 radical (unpaired) electrons. The highest BCUT2D eigenvalue weighted by molar-refractivity contribution is 9.10. The lowest BCUT2D eigenvalue weighted by Crippen LogP contribution is -2.57. The summed E-state index contributed by atoms with van der Waals surface area (Å²) in [6.07, 6.45) is -6.89. The largest absolute Gasteiger partial charge is 0.426 e. The van der Waals surface area contributed by atoms with Crippen molar-refractivity contribution in [1.82, 2.24) is 0 Å². The third-order valence-electron chi connectivity index (χ3n) is 5.63. The van der Waals surface area contributed by atoms with E-state index >= 15 is 0 Å². The standard InChI is InChI=1S/C23H21BrF4N2O4/c1-12-16-9-14(5-6-15(16)19(10-31)34-30-12)29-20(32)22(33,23(26,27)28)11-21(2,3)17-8-13(25)4-7-18(17)24/h4-10,19,33H,11H2,1-3H3,(H,29,32). The molecule has 182 valence electrons. The second-order valence-electron chi connectivity index (χ2n) is 8.64. The molecule has 6 nitrogen and oxygen atoms in total. The number of carbonyl (C=O) groups excluding carboxylic acids is 2. The number of carbonyl (C=O) groups is 2. The van der Waals surface area contributed by atoms with Crippen molar-refractivity contribution in [1.29, 1.82) is 0 Å². The van der Waals surface area contributed by atoms with Crippen molar-refractivity contribution < 1.29 is 37.1 Å². The van der Waals surface area contributed by atoms with E-state index in [-0.39, 0.29) is 11.3 Å². The van der Waals surface area contributed by atoms with Gasteiger partial charge in [-0.1, -0.05) is 41.0 Å².